The van der Waals surface area contributed by atoms with Gasteiger partial charge in [0.15, 0.2) is 0 Å². The Morgan fingerprint density at radius 3 is 2.24 bits per heavy atom. The molecule has 0 unspecified atom stereocenters. The fourth-order valence-electron chi connectivity index (χ4n) is 3.76. The highest BCUT2D eigenvalue weighted by Gasteiger charge is 2.22. The van der Waals surface area contributed by atoms with E-state index in [1.807, 2.05) is 58.0 Å². The largest absolute Gasteiger partial charge is 0.374 e. The Balaban J connectivity index is 0.00000116. The molecule has 3 aromatic rings. The van der Waals surface area contributed by atoms with Crippen molar-refractivity contribution >= 4 is 28.7 Å². The van der Waals surface area contributed by atoms with Gasteiger partial charge in [-0.05, 0) is 24.5 Å². The first-order valence-corrected chi connectivity index (χ1v) is 15.0. The van der Waals surface area contributed by atoms with E-state index >= 15 is 0 Å². The highest BCUT2D eigenvalue weighted by atomic mass is 32.1. The van der Waals surface area contributed by atoms with Gasteiger partial charge in [-0.1, -0.05) is 102 Å². The molecule has 10 heteroatoms. The van der Waals surface area contributed by atoms with Gasteiger partial charge >= 0.3 is 0 Å². The maximum Gasteiger partial charge on any atom is 0.248 e. The average molecular weight is 602 g/mol. The van der Waals surface area contributed by atoms with E-state index in [-0.39, 0.29) is 30.3 Å². The summed E-state index contributed by atoms with van der Waals surface area (Å²) in [5.41, 5.74) is 2.25. The lowest BCUT2D eigenvalue weighted by molar-refractivity contribution is -0.136. The van der Waals surface area contributed by atoms with Gasteiger partial charge in [0.2, 0.25) is 5.91 Å². The number of halogens is 2. The van der Waals surface area contributed by atoms with Crippen LogP contribution >= 0.6 is 12.2 Å². The molecular weight excluding hydrogens is 556 g/mol. The molecule has 4 rings (SSSR count). The zero-order chi connectivity index (χ0) is 31.5. The molecule has 42 heavy (non-hydrogen) atoms. The molecule has 7 nitrogen and oxygen atoms in total. The fourth-order valence-corrected chi connectivity index (χ4v) is 3.84. The number of thiocarbonyl (C=S) groups is 1. The quantitative estimate of drug-likeness (QED) is 0.274. The SMILES string of the molecule is CC.CC.CC(=S)NCc1cn(-c2cc(F)c(C3=CCN(C(=O)COCc4ccccc4)CC3)c(F)c2)nn1.CCC. The molecule has 1 aliphatic heterocycles. The van der Waals surface area contributed by atoms with Crippen LogP contribution in [0, 0.1) is 11.6 Å². The van der Waals surface area contributed by atoms with Crippen molar-refractivity contribution in [3.63, 3.8) is 0 Å². The predicted octanol–water partition coefficient (Wildman–Crippen LogP) is 7.28. The lowest BCUT2D eigenvalue weighted by Crippen LogP contribution is -2.37. The van der Waals surface area contributed by atoms with Crippen LogP contribution in [0.2, 0.25) is 0 Å². The van der Waals surface area contributed by atoms with Crippen molar-refractivity contribution in [3.05, 3.63) is 83.2 Å². The highest BCUT2D eigenvalue weighted by molar-refractivity contribution is 7.80. The Hall–Kier alpha value is -3.50. The molecule has 0 fully saturated rings. The van der Waals surface area contributed by atoms with Gasteiger partial charge in [-0.15, -0.1) is 5.10 Å². The summed E-state index contributed by atoms with van der Waals surface area (Å²) in [5.74, 6) is -1.54. The lowest BCUT2D eigenvalue weighted by Gasteiger charge is -2.27. The van der Waals surface area contributed by atoms with Crippen LogP contribution in [-0.4, -0.2) is 50.5 Å². The van der Waals surface area contributed by atoms with Gasteiger partial charge in [0.05, 0.1) is 30.0 Å². The third-order valence-corrected chi connectivity index (χ3v) is 5.72. The van der Waals surface area contributed by atoms with Crippen LogP contribution in [0.15, 0.2) is 54.7 Å². The van der Waals surface area contributed by atoms with E-state index in [2.05, 4.69) is 29.5 Å². The van der Waals surface area contributed by atoms with Crippen LogP contribution in [0.25, 0.3) is 11.3 Å². The monoisotopic (exact) mass is 601 g/mol. The Morgan fingerprint density at radius 1 is 1.07 bits per heavy atom. The summed E-state index contributed by atoms with van der Waals surface area (Å²) >= 11 is 4.97. The molecule has 1 aliphatic rings. The number of nitrogens with one attached hydrogen (secondary N) is 1. The minimum absolute atomic E-state index is 0.0467. The van der Waals surface area contributed by atoms with E-state index < -0.39 is 11.6 Å². The summed E-state index contributed by atoms with van der Waals surface area (Å²) in [6.07, 6.45) is 4.86. The second-order valence-corrected chi connectivity index (χ2v) is 9.47. The molecule has 0 bridgehead atoms. The molecule has 1 N–H and O–H groups in total. The van der Waals surface area contributed by atoms with E-state index in [0.717, 1.165) is 5.56 Å². The molecular formula is C32H45F2N5O2S. The van der Waals surface area contributed by atoms with E-state index in [1.54, 1.807) is 24.1 Å². The summed E-state index contributed by atoms with van der Waals surface area (Å²) in [6, 6.07) is 12.0. The van der Waals surface area contributed by atoms with Gasteiger partial charge in [-0.3, -0.25) is 4.79 Å². The van der Waals surface area contributed by atoms with Crippen LogP contribution in [-0.2, 0) is 22.7 Å². The first-order chi connectivity index (χ1) is 20.3. The smallest absolute Gasteiger partial charge is 0.248 e. The molecule has 1 amide bonds. The van der Waals surface area contributed by atoms with Crippen LogP contribution in [0.3, 0.4) is 0 Å². The number of rotatable bonds is 8. The van der Waals surface area contributed by atoms with Crippen LogP contribution < -0.4 is 5.32 Å². The van der Waals surface area contributed by atoms with Gasteiger partial charge in [0.25, 0.3) is 0 Å². The predicted molar refractivity (Wildman–Crippen MR) is 170 cm³/mol. The maximum atomic E-state index is 15.0. The summed E-state index contributed by atoms with van der Waals surface area (Å²) in [7, 11) is 0. The van der Waals surface area contributed by atoms with Crippen molar-refractivity contribution in [2.75, 3.05) is 19.7 Å². The first-order valence-electron chi connectivity index (χ1n) is 14.6. The zero-order valence-electron chi connectivity index (χ0n) is 25.9. The van der Waals surface area contributed by atoms with E-state index in [0.29, 0.717) is 42.4 Å². The summed E-state index contributed by atoms with van der Waals surface area (Å²) < 4.78 is 36.7. The third kappa shape index (κ3) is 11.8. The second kappa shape index (κ2) is 20.4. The molecule has 0 radical (unpaired) electrons. The van der Waals surface area contributed by atoms with Gasteiger partial charge < -0.3 is 15.0 Å². The minimum atomic E-state index is -0.692. The van der Waals surface area contributed by atoms with Gasteiger partial charge in [-0.25, -0.2) is 13.5 Å². The van der Waals surface area contributed by atoms with Crippen molar-refractivity contribution in [1.29, 1.82) is 0 Å². The number of ether oxygens (including phenoxy) is 1. The van der Waals surface area contributed by atoms with Crippen LogP contribution in [0.5, 0.6) is 0 Å². The molecule has 2 heterocycles. The second-order valence-electron chi connectivity index (χ2n) is 8.85. The molecule has 0 atom stereocenters. The normalized spacial score (nSPS) is 11.9. The van der Waals surface area contributed by atoms with Crippen molar-refractivity contribution in [3.8, 4) is 5.69 Å². The standard InChI is InChI=1S/C25H25F2N5O2S.C3H8.2C2H6/c1-17(35)28-13-20-14-32(30-29-20)21-11-22(26)25(23(27)12-21)19-7-9-31(10-8-19)24(33)16-34-15-18-5-3-2-4-6-18;1-3-2;2*1-2/h2-7,11-12,14H,8-10,13,15-16H2,1H3,(H,28,35);3H2,1-2H3;2*1-2H3. The summed E-state index contributed by atoms with van der Waals surface area (Å²) in [4.78, 5) is 14.7. The first kappa shape index (κ1) is 36.5. The average Bonchev–Trinajstić information content (AvgIpc) is 3.48. The number of carbonyl (C=O) groups excluding carboxylic acids is 1. The minimum Gasteiger partial charge on any atom is -0.374 e. The highest BCUT2D eigenvalue weighted by Crippen LogP contribution is 2.29. The van der Waals surface area contributed by atoms with Crippen LogP contribution in [0.1, 0.15) is 78.1 Å². The number of carbonyl (C=O) groups is 1. The molecule has 230 valence electrons. The molecule has 0 spiro atoms. The maximum absolute atomic E-state index is 15.0. The molecule has 2 aromatic carbocycles. The molecule has 0 saturated heterocycles. The van der Waals surface area contributed by atoms with Crippen molar-refractivity contribution in [2.24, 2.45) is 0 Å². The number of aromatic nitrogens is 3. The van der Waals surface area contributed by atoms with E-state index in [1.165, 1.54) is 23.2 Å². The Bertz CT molecular complexity index is 1240. The van der Waals surface area contributed by atoms with Crippen molar-refractivity contribution in [1.82, 2.24) is 25.2 Å². The van der Waals surface area contributed by atoms with Gasteiger partial charge in [0.1, 0.15) is 23.9 Å². The topological polar surface area (TPSA) is 72.3 Å². The molecule has 1 aromatic heterocycles. The number of hydrogen-bond acceptors (Lipinski definition) is 5. The number of amides is 1. The summed E-state index contributed by atoms with van der Waals surface area (Å²) in [6.45, 7) is 15.3. The number of benzene rings is 2. The zero-order valence-corrected chi connectivity index (χ0v) is 26.7. The van der Waals surface area contributed by atoms with Gasteiger partial charge in [-0.2, -0.15) is 0 Å². The van der Waals surface area contributed by atoms with Crippen LogP contribution in [0.4, 0.5) is 8.78 Å². The molecule has 0 saturated carbocycles. The van der Waals surface area contributed by atoms with E-state index in [4.69, 9.17) is 17.0 Å². The van der Waals surface area contributed by atoms with Crippen molar-refractivity contribution < 1.29 is 18.3 Å². The Kier molecular flexibility index (Phi) is 17.7. The van der Waals surface area contributed by atoms with Gasteiger partial charge in [0, 0.05) is 30.8 Å². The Morgan fingerprint density at radius 2 is 1.69 bits per heavy atom. The van der Waals surface area contributed by atoms with Crippen molar-refractivity contribution in [2.45, 2.75) is 74.5 Å². The Labute approximate surface area is 255 Å². The number of hydrogen-bond donors (Lipinski definition) is 1. The summed E-state index contributed by atoms with van der Waals surface area (Å²) in [5, 5.41) is 10.9. The number of nitrogens with zero attached hydrogens (tertiary/aromatic N) is 4. The third-order valence-electron chi connectivity index (χ3n) is 5.57. The fraction of sp³-hybridized carbons (Fsp3) is 0.438. The van der Waals surface area contributed by atoms with E-state index in [9.17, 15) is 13.6 Å². The molecule has 0 aliphatic carbocycles. The lowest BCUT2D eigenvalue weighted by atomic mass is 9.98.